The number of nitrogens with zero attached hydrogens (tertiary/aromatic N) is 1. The molecule has 35 heavy (non-hydrogen) atoms. The molecule has 0 spiro atoms. The highest BCUT2D eigenvalue weighted by Gasteiger charge is 2.45. The summed E-state index contributed by atoms with van der Waals surface area (Å²) >= 11 is 0. The lowest BCUT2D eigenvalue weighted by molar-refractivity contribution is -0.150. The molecule has 0 unspecified atom stereocenters. The van der Waals surface area contributed by atoms with Crippen LogP contribution in [0.4, 0.5) is 0 Å². The number of carbonyl (C=O) groups is 1. The second-order valence-electron chi connectivity index (χ2n) is 8.86. The van der Waals surface area contributed by atoms with Crippen LogP contribution in [0.15, 0.2) is 83.8 Å². The molecule has 1 saturated heterocycles. The summed E-state index contributed by atoms with van der Waals surface area (Å²) in [6.07, 6.45) is 0.529. The quantitative estimate of drug-likeness (QED) is 0.463. The van der Waals surface area contributed by atoms with Gasteiger partial charge in [0.15, 0.2) is 9.84 Å². The van der Waals surface area contributed by atoms with Gasteiger partial charge in [0.1, 0.15) is 17.2 Å². The minimum absolute atomic E-state index is 0.0948. The molecule has 0 aromatic heterocycles. The van der Waals surface area contributed by atoms with Crippen molar-refractivity contribution < 1.29 is 27.8 Å². The van der Waals surface area contributed by atoms with Crippen molar-refractivity contribution in [1.29, 1.82) is 0 Å². The van der Waals surface area contributed by atoms with E-state index < -0.39 is 27.0 Å². The first kappa shape index (κ1) is 24.8. The van der Waals surface area contributed by atoms with E-state index in [0.717, 1.165) is 11.3 Å². The van der Waals surface area contributed by atoms with Gasteiger partial charge in [-0.05, 0) is 80.0 Å². The Morgan fingerprint density at radius 1 is 0.914 bits per heavy atom. The molecule has 0 bridgehead atoms. The standard InChI is InChI=1S/C27H29NO6S/c1-33-24-9-5-6-21(18-24)19-28-16-14-27(15-17-28,26(29)30)20-35(31,32)25-12-10-23(11-13-25)34-22-7-3-2-4-8-22/h2-13,18H,14-17,19-20H2,1H3,(H,29,30). The highest BCUT2D eigenvalue weighted by molar-refractivity contribution is 7.91. The second kappa shape index (κ2) is 10.5. The lowest BCUT2D eigenvalue weighted by atomic mass is 9.80. The highest BCUT2D eigenvalue weighted by atomic mass is 32.2. The van der Waals surface area contributed by atoms with E-state index in [2.05, 4.69) is 4.90 Å². The maximum absolute atomic E-state index is 13.2. The van der Waals surface area contributed by atoms with Crippen LogP contribution in [0, 0.1) is 5.41 Å². The Kier molecular flexibility index (Phi) is 7.42. The molecule has 184 valence electrons. The zero-order chi connectivity index (χ0) is 24.9. The van der Waals surface area contributed by atoms with E-state index >= 15 is 0 Å². The van der Waals surface area contributed by atoms with Crippen LogP contribution in [-0.2, 0) is 21.2 Å². The van der Waals surface area contributed by atoms with E-state index in [4.69, 9.17) is 9.47 Å². The van der Waals surface area contributed by atoms with Crippen molar-refractivity contribution in [2.45, 2.75) is 24.3 Å². The molecule has 0 atom stereocenters. The van der Waals surface area contributed by atoms with E-state index in [1.807, 2.05) is 54.6 Å². The number of piperidine rings is 1. The first-order valence-corrected chi connectivity index (χ1v) is 13.1. The van der Waals surface area contributed by atoms with Crippen molar-refractivity contribution in [3.05, 3.63) is 84.4 Å². The minimum Gasteiger partial charge on any atom is -0.497 e. The molecule has 1 N–H and O–H groups in total. The topological polar surface area (TPSA) is 93.1 Å². The van der Waals surface area contributed by atoms with Gasteiger partial charge in [-0.1, -0.05) is 30.3 Å². The summed E-state index contributed by atoms with van der Waals surface area (Å²) < 4.78 is 37.4. The Labute approximate surface area is 205 Å². The van der Waals surface area contributed by atoms with Crippen LogP contribution in [0.3, 0.4) is 0 Å². The molecule has 1 fully saturated rings. The van der Waals surface area contributed by atoms with Gasteiger partial charge in [0.2, 0.25) is 0 Å². The summed E-state index contributed by atoms with van der Waals surface area (Å²) in [6, 6.07) is 23.1. The first-order valence-electron chi connectivity index (χ1n) is 11.4. The zero-order valence-corrected chi connectivity index (χ0v) is 20.4. The van der Waals surface area contributed by atoms with Crippen molar-refractivity contribution >= 4 is 15.8 Å². The molecule has 1 aliphatic rings. The fraction of sp³-hybridized carbons (Fsp3) is 0.296. The summed E-state index contributed by atoms with van der Waals surface area (Å²) in [6.45, 7) is 1.66. The second-order valence-corrected chi connectivity index (χ2v) is 10.8. The lowest BCUT2D eigenvalue weighted by Gasteiger charge is -2.38. The van der Waals surface area contributed by atoms with Gasteiger partial charge < -0.3 is 14.6 Å². The fourth-order valence-electron chi connectivity index (χ4n) is 4.37. The number of hydrogen-bond donors (Lipinski definition) is 1. The van der Waals surface area contributed by atoms with Crippen LogP contribution in [0.25, 0.3) is 0 Å². The fourth-order valence-corrected chi connectivity index (χ4v) is 6.23. The molecule has 8 heteroatoms. The van der Waals surface area contributed by atoms with Crippen LogP contribution in [-0.4, -0.2) is 50.3 Å². The summed E-state index contributed by atoms with van der Waals surface area (Å²) in [5.74, 6) is 0.431. The van der Waals surface area contributed by atoms with Crippen molar-refractivity contribution in [2.75, 3.05) is 26.0 Å². The monoisotopic (exact) mass is 495 g/mol. The average molecular weight is 496 g/mol. The molecule has 1 aliphatic heterocycles. The van der Waals surface area contributed by atoms with Crippen LogP contribution >= 0.6 is 0 Å². The van der Waals surface area contributed by atoms with E-state index in [-0.39, 0.29) is 17.7 Å². The molecule has 3 aromatic rings. The van der Waals surface area contributed by atoms with Gasteiger partial charge in [-0.3, -0.25) is 9.69 Å². The zero-order valence-electron chi connectivity index (χ0n) is 19.6. The number of carboxylic acids is 1. The van der Waals surface area contributed by atoms with Gasteiger partial charge in [0, 0.05) is 6.54 Å². The number of rotatable bonds is 9. The Balaban J connectivity index is 1.42. The summed E-state index contributed by atoms with van der Waals surface area (Å²) in [5.41, 5.74) is -0.249. The number of para-hydroxylation sites is 1. The molecule has 0 saturated carbocycles. The van der Waals surface area contributed by atoms with E-state index in [0.29, 0.717) is 31.1 Å². The molecule has 1 heterocycles. The number of methoxy groups -OCH3 is 1. The van der Waals surface area contributed by atoms with Crippen molar-refractivity contribution in [3.8, 4) is 17.2 Å². The number of hydrogen-bond acceptors (Lipinski definition) is 6. The summed E-state index contributed by atoms with van der Waals surface area (Å²) in [4.78, 5) is 14.5. The van der Waals surface area contributed by atoms with Crippen LogP contribution in [0.2, 0.25) is 0 Å². The molecule has 7 nitrogen and oxygen atoms in total. The first-order chi connectivity index (χ1) is 16.8. The molecule has 3 aromatic carbocycles. The number of carboxylic acid groups (broad SMARTS) is 1. The van der Waals surface area contributed by atoms with Gasteiger partial charge >= 0.3 is 5.97 Å². The average Bonchev–Trinajstić information content (AvgIpc) is 2.86. The molecule has 0 aliphatic carbocycles. The number of benzene rings is 3. The number of aliphatic carboxylic acids is 1. The molecular formula is C27H29NO6S. The third kappa shape index (κ3) is 6.01. The van der Waals surface area contributed by atoms with E-state index in [9.17, 15) is 18.3 Å². The third-order valence-electron chi connectivity index (χ3n) is 6.44. The molecule has 0 radical (unpaired) electrons. The number of sulfone groups is 1. The van der Waals surface area contributed by atoms with Gasteiger partial charge in [0.25, 0.3) is 0 Å². The minimum atomic E-state index is -3.81. The predicted molar refractivity (Wildman–Crippen MR) is 133 cm³/mol. The molecule has 0 amide bonds. The van der Waals surface area contributed by atoms with Gasteiger partial charge in [-0.2, -0.15) is 0 Å². The van der Waals surface area contributed by atoms with E-state index in [1.54, 1.807) is 19.2 Å². The Bertz CT molecular complexity index is 1250. The number of ether oxygens (including phenoxy) is 2. The SMILES string of the molecule is COc1cccc(CN2CCC(CS(=O)(=O)c3ccc(Oc4ccccc4)cc3)(C(=O)O)CC2)c1. The lowest BCUT2D eigenvalue weighted by Crippen LogP contribution is -2.47. The normalized spacial score (nSPS) is 15.9. The summed E-state index contributed by atoms with van der Waals surface area (Å²) in [5, 5.41) is 10.0. The van der Waals surface area contributed by atoms with Crippen LogP contribution in [0.5, 0.6) is 17.2 Å². The maximum Gasteiger partial charge on any atom is 0.310 e. The smallest absolute Gasteiger partial charge is 0.310 e. The Morgan fingerprint density at radius 2 is 1.54 bits per heavy atom. The Morgan fingerprint density at radius 3 is 2.17 bits per heavy atom. The summed E-state index contributed by atoms with van der Waals surface area (Å²) in [7, 11) is -2.19. The largest absolute Gasteiger partial charge is 0.497 e. The van der Waals surface area contributed by atoms with Crippen molar-refractivity contribution in [1.82, 2.24) is 4.90 Å². The molecular weight excluding hydrogens is 466 g/mol. The van der Waals surface area contributed by atoms with Crippen molar-refractivity contribution in [3.63, 3.8) is 0 Å². The van der Waals surface area contributed by atoms with Crippen LogP contribution < -0.4 is 9.47 Å². The van der Waals surface area contributed by atoms with Crippen LogP contribution in [0.1, 0.15) is 18.4 Å². The van der Waals surface area contributed by atoms with Crippen molar-refractivity contribution in [2.24, 2.45) is 5.41 Å². The van der Waals surface area contributed by atoms with Gasteiger partial charge in [-0.15, -0.1) is 0 Å². The number of likely N-dealkylation sites (tertiary alicyclic amines) is 1. The Hall–Kier alpha value is -3.36. The molecule has 4 rings (SSSR count). The predicted octanol–water partition coefficient (Wildman–Crippen LogP) is 4.63. The van der Waals surface area contributed by atoms with Gasteiger partial charge in [-0.25, -0.2) is 8.42 Å². The maximum atomic E-state index is 13.2. The van der Waals surface area contributed by atoms with Gasteiger partial charge in [0.05, 0.1) is 23.2 Å². The highest BCUT2D eigenvalue weighted by Crippen LogP contribution is 2.36. The third-order valence-corrected chi connectivity index (χ3v) is 8.36. The van der Waals surface area contributed by atoms with E-state index in [1.165, 1.54) is 12.1 Å².